The molecule has 2 N–H and O–H groups in total. The molecular formula is C14H26N4O. The van der Waals surface area contributed by atoms with Crippen LogP contribution >= 0.6 is 0 Å². The Kier molecular flexibility index (Phi) is 6.02. The Bertz CT molecular complexity index is 398. The van der Waals surface area contributed by atoms with Gasteiger partial charge in [0.25, 0.3) is 0 Å². The van der Waals surface area contributed by atoms with Crippen molar-refractivity contribution in [2.45, 2.75) is 53.2 Å². The molecule has 0 bridgehead atoms. The molecule has 1 unspecified atom stereocenters. The summed E-state index contributed by atoms with van der Waals surface area (Å²) in [5, 5.41) is 6.29. The van der Waals surface area contributed by atoms with Gasteiger partial charge in [0.05, 0.1) is 12.0 Å². The fourth-order valence-corrected chi connectivity index (χ4v) is 1.71. The van der Waals surface area contributed by atoms with E-state index in [-0.39, 0.29) is 11.9 Å². The number of imidazole rings is 1. The average molecular weight is 266 g/mol. The Labute approximate surface area is 115 Å². The second-order valence-electron chi connectivity index (χ2n) is 5.64. The van der Waals surface area contributed by atoms with E-state index in [1.807, 2.05) is 17.7 Å². The maximum absolute atomic E-state index is 12.1. The molecule has 0 spiro atoms. The van der Waals surface area contributed by atoms with Crippen molar-refractivity contribution in [3.05, 3.63) is 18.2 Å². The molecule has 0 aliphatic rings. The third-order valence-electron chi connectivity index (χ3n) is 2.92. The van der Waals surface area contributed by atoms with Crippen molar-refractivity contribution in [3.8, 4) is 0 Å². The van der Waals surface area contributed by atoms with Crippen molar-refractivity contribution in [2.24, 2.45) is 5.92 Å². The fraction of sp³-hybridized carbons (Fsp3) is 0.714. The summed E-state index contributed by atoms with van der Waals surface area (Å²) >= 11 is 0. The van der Waals surface area contributed by atoms with Crippen LogP contribution in [0.15, 0.2) is 12.5 Å². The van der Waals surface area contributed by atoms with E-state index in [0.29, 0.717) is 18.5 Å². The third kappa shape index (κ3) is 5.03. The molecule has 1 heterocycles. The number of hydrogen-bond donors (Lipinski definition) is 2. The number of carbonyl (C=O) groups is 1. The summed E-state index contributed by atoms with van der Waals surface area (Å²) in [5.41, 5.74) is 1.03. The van der Waals surface area contributed by atoms with E-state index in [0.717, 1.165) is 12.2 Å². The van der Waals surface area contributed by atoms with Crippen LogP contribution in [0.25, 0.3) is 0 Å². The molecule has 1 aromatic heterocycles. The van der Waals surface area contributed by atoms with Crippen LogP contribution in [-0.4, -0.2) is 28.0 Å². The van der Waals surface area contributed by atoms with Crippen LogP contribution in [-0.2, 0) is 11.3 Å². The quantitative estimate of drug-likeness (QED) is 0.790. The number of nitrogens with one attached hydrogen (secondary N) is 2. The molecule has 0 saturated heterocycles. The molecule has 0 radical (unpaired) electrons. The maximum atomic E-state index is 12.1. The van der Waals surface area contributed by atoms with Crippen molar-refractivity contribution in [1.82, 2.24) is 20.2 Å². The highest BCUT2D eigenvalue weighted by Gasteiger charge is 2.17. The van der Waals surface area contributed by atoms with E-state index in [2.05, 4.69) is 43.3 Å². The van der Waals surface area contributed by atoms with Gasteiger partial charge >= 0.3 is 0 Å². The second kappa shape index (κ2) is 7.28. The Morgan fingerprint density at radius 2 is 2.00 bits per heavy atom. The van der Waals surface area contributed by atoms with Crippen molar-refractivity contribution in [1.29, 1.82) is 0 Å². The molecule has 0 aliphatic carbocycles. The van der Waals surface area contributed by atoms with E-state index in [4.69, 9.17) is 0 Å². The van der Waals surface area contributed by atoms with Gasteiger partial charge in [-0.3, -0.25) is 4.79 Å². The number of hydrogen-bond acceptors (Lipinski definition) is 3. The van der Waals surface area contributed by atoms with Crippen molar-refractivity contribution >= 4 is 5.91 Å². The van der Waals surface area contributed by atoms with Gasteiger partial charge in [-0.1, -0.05) is 27.7 Å². The second-order valence-corrected chi connectivity index (χ2v) is 5.64. The van der Waals surface area contributed by atoms with Crippen LogP contribution < -0.4 is 10.6 Å². The summed E-state index contributed by atoms with van der Waals surface area (Å²) in [6.07, 6.45) is 3.53. The molecule has 0 saturated carbocycles. The summed E-state index contributed by atoms with van der Waals surface area (Å²) < 4.78 is 1.92. The van der Waals surface area contributed by atoms with E-state index in [1.54, 1.807) is 6.33 Å². The molecule has 0 aromatic carbocycles. The molecule has 1 rings (SSSR count). The zero-order valence-corrected chi connectivity index (χ0v) is 12.6. The van der Waals surface area contributed by atoms with Crippen molar-refractivity contribution in [3.63, 3.8) is 0 Å². The average Bonchev–Trinajstić information content (AvgIpc) is 2.80. The minimum absolute atomic E-state index is 0.0393. The van der Waals surface area contributed by atoms with Crippen LogP contribution in [0.2, 0.25) is 0 Å². The largest absolute Gasteiger partial charge is 0.354 e. The zero-order chi connectivity index (χ0) is 14.4. The number of carbonyl (C=O) groups excluding carboxylic acids is 1. The van der Waals surface area contributed by atoms with Crippen LogP contribution in [0.3, 0.4) is 0 Å². The van der Waals surface area contributed by atoms with Crippen LogP contribution in [0.1, 0.15) is 46.4 Å². The molecule has 1 aromatic rings. The smallest absolute Gasteiger partial charge is 0.242 e. The molecule has 1 amide bonds. The van der Waals surface area contributed by atoms with Gasteiger partial charge in [0.15, 0.2) is 0 Å². The van der Waals surface area contributed by atoms with Gasteiger partial charge < -0.3 is 15.2 Å². The van der Waals surface area contributed by atoms with Crippen LogP contribution in [0, 0.1) is 5.92 Å². The summed E-state index contributed by atoms with van der Waals surface area (Å²) in [7, 11) is 0. The van der Waals surface area contributed by atoms with E-state index >= 15 is 0 Å². The van der Waals surface area contributed by atoms with Gasteiger partial charge in [0, 0.05) is 25.3 Å². The molecular weight excluding hydrogens is 240 g/mol. The Hall–Kier alpha value is -1.36. The monoisotopic (exact) mass is 266 g/mol. The summed E-state index contributed by atoms with van der Waals surface area (Å²) in [4.78, 5) is 16.2. The maximum Gasteiger partial charge on any atom is 0.242 e. The van der Waals surface area contributed by atoms with Gasteiger partial charge in [-0.05, 0) is 12.8 Å². The van der Waals surface area contributed by atoms with E-state index in [1.165, 1.54) is 0 Å². The summed E-state index contributed by atoms with van der Waals surface area (Å²) in [6.45, 7) is 11.7. The molecule has 19 heavy (non-hydrogen) atoms. The standard InChI is InChI=1S/C14H26N4O/c1-10(2)6-17-14(19)12(5)18-9-15-7-13(18)8-16-11(3)4/h7,9-12,16H,6,8H2,1-5H3,(H,17,19). The highest BCUT2D eigenvalue weighted by molar-refractivity contribution is 5.79. The Balaban J connectivity index is 2.63. The van der Waals surface area contributed by atoms with E-state index in [9.17, 15) is 4.79 Å². The van der Waals surface area contributed by atoms with Gasteiger partial charge in [-0.15, -0.1) is 0 Å². The van der Waals surface area contributed by atoms with Gasteiger partial charge in [-0.2, -0.15) is 0 Å². The first-order chi connectivity index (χ1) is 8.91. The minimum Gasteiger partial charge on any atom is -0.354 e. The Morgan fingerprint density at radius 3 is 2.58 bits per heavy atom. The fourth-order valence-electron chi connectivity index (χ4n) is 1.71. The molecule has 5 nitrogen and oxygen atoms in total. The van der Waals surface area contributed by atoms with E-state index < -0.39 is 0 Å². The summed E-state index contributed by atoms with van der Waals surface area (Å²) in [6, 6.07) is 0.179. The lowest BCUT2D eigenvalue weighted by Gasteiger charge is -2.18. The summed E-state index contributed by atoms with van der Waals surface area (Å²) in [5.74, 6) is 0.499. The lowest BCUT2D eigenvalue weighted by atomic mass is 10.2. The first kappa shape index (κ1) is 15.7. The SMILES string of the molecule is CC(C)CNC(=O)C(C)n1cncc1CNC(C)C. The number of nitrogens with zero attached hydrogens (tertiary/aromatic N) is 2. The molecule has 108 valence electrons. The minimum atomic E-state index is -0.231. The van der Waals surface area contributed by atoms with Crippen molar-refractivity contribution < 1.29 is 4.79 Å². The number of aromatic nitrogens is 2. The van der Waals surface area contributed by atoms with Gasteiger partial charge in [0.1, 0.15) is 6.04 Å². The van der Waals surface area contributed by atoms with Gasteiger partial charge in [-0.25, -0.2) is 4.98 Å². The number of rotatable bonds is 7. The van der Waals surface area contributed by atoms with Crippen LogP contribution in [0.4, 0.5) is 0 Å². The zero-order valence-electron chi connectivity index (χ0n) is 12.6. The Morgan fingerprint density at radius 1 is 1.32 bits per heavy atom. The lowest BCUT2D eigenvalue weighted by Crippen LogP contribution is -2.34. The normalized spacial score (nSPS) is 13.0. The van der Waals surface area contributed by atoms with Crippen LogP contribution in [0.5, 0.6) is 0 Å². The predicted octanol–water partition coefficient (Wildman–Crippen LogP) is 1.71. The molecule has 0 aliphatic heterocycles. The topological polar surface area (TPSA) is 59.0 Å². The van der Waals surface area contributed by atoms with Gasteiger partial charge in [0.2, 0.25) is 5.91 Å². The third-order valence-corrected chi connectivity index (χ3v) is 2.92. The van der Waals surface area contributed by atoms with Crippen molar-refractivity contribution in [2.75, 3.05) is 6.54 Å². The predicted molar refractivity (Wildman–Crippen MR) is 76.8 cm³/mol. The highest BCUT2D eigenvalue weighted by atomic mass is 16.2. The first-order valence-electron chi connectivity index (χ1n) is 6.93. The molecule has 5 heteroatoms. The number of amides is 1. The highest BCUT2D eigenvalue weighted by Crippen LogP contribution is 2.10. The lowest BCUT2D eigenvalue weighted by molar-refractivity contribution is -0.124. The molecule has 0 fully saturated rings. The molecule has 1 atom stereocenters. The first-order valence-corrected chi connectivity index (χ1v) is 6.93.